The van der Waals surface area contributed by atoms with Gasteiger partial charge >= 0.3 is 0 Å². The molecule has 1 aliphatic rings. The Hall–Kier alpha value is -1.29. The maximum Gasteiger partial charge on any atom is 0.240 e. The van der Waals surface area contributed by atoms with Gasteiger partial charge in [-0.25, -0.2) is 13.1 Å². The van der Waals surface area contributed by atoms with E-state index < -0.39 is 10.0 Å². The lowest BCUT2D eigenvalue weighted by Gasteiger charge is -2.23. The largest absolute Gasteiger partial charge is 0.377 e. The fourth-order valence-corrected chi connectivity index (χ4v) is 3.94. The van der Waals surface area contributed by atoms with Crippen molar-refractivity contribution < 1.29 is 13.2 Å². The molecule has 0 radical (unpaired) electrons. The van der Waals surface area contributed by atoms with Crippen LogP contribution >= 0.6 is 11.8 Å². The first-order valence-corrected chi connectivity index (χ1v) is 12.2. The van der Waals surface area contributed by atoms with Crippen molar-refractivity contribution in [1.82, 2.24) is 15.4 Å². The van der Waals surface area contributed by atoms with Crippen LogP contribution in [0.5, 0.6) is 0 Å². The highest BCUT2D eigenvalue weighted by atomic mass is 32.2. The quantitative estimate of drug-likeness (QED) is 0.411. The number of hydrogen-bond donors (Lipinski definition) is 3. The molecule has 1 aliphatic heterocycles. The summed E-state index contributed by atoms with van der Waals surface area (Å²) in [6, 6.07) is 6.88. The van der Waals surface area contributed by atoms with E-state index in [9.17, 15) is 8.42 Å². The summed E-state index contributed by atoms with van der Waals surface area (Å²) in [7, 11) is -1.78. The van der Waals surface area contributed by atoms with Crippen molar-refractivity contribution in [3.63, 3.8) is 0 Å². The molecule has 1 atom stereocenters. The molecule has 9 heteroatoms. The van der Waals surface area contributed by atoms with Crippen LogP contribution in [0.2, 0.25) is 0 Å². The molecule has 1 aromatic rings. The zero-order chi connectivity index (χ0) is 20.6. The molecule has 0 aliphatic carbocycles. The molecule has 1 saturated heterocycles. The molecule has 0 saturated carbocycles. The summed E-state index contributed by atoms with van der Waals surface area (Å²) in [4.78, 5) is 4.49. The van der Waals surface area contributed by atoms with Crippen molar-refractivity contribution in [2.45, 2.75) is 49.0 Å². The highest BCUT2D eigenvalue weighted by Crippen LogP contribution is 2.19. The van der Waals surface area contributed by atoms with Crippen molar-refractivity contribution in [3.8, 4) is 0 Å². The number of nitrogens with one attached hydrogen (secondary N) is 3. The first-order valence-electron chi connectivity index (χ1n) is 9.45. The molecular weight excluding hydrogens is 396 g/mol. The van der Waals surface area contributed by atoms with Gasteiger partial charge < -0.3 is 15.4 Å². The maximum atomic E-state index is 12.4. The van der Waals surface area contributed by atoms with Crippen molar-refractivity contribution in [1.29, 1.82) is 0 Å². The predicted octanol–water partition coefficient (Wildman–Crippen LogP) is 1.95. The summed E-state index contributed by atoms with van der Waals surface area (Å²) in [5.74, 6) is 0.719. The first kappa shape index (κ1) is 23.0. The van der Waals surface area contributed by atoms with E-state index >= 15 is 0 Å². The van der Waals surface area contributed by atoms with Gasteiger partial charge in [-0.3, -0.25) is 4.99 Å². The summed E-state index contributed by atoms with van der Waals surface area (Å²) in [5, 5.41) is 6.56. The number of thioether (sulfide) groups is 1. The Bertz CT molecular complexity index is 743. The van der Waals surface area contributed by atoms with Gasteiger partial charge in [0, 0.05) is 38.0 Å². The summed E-state index contributed by atoms with van der Waals surface area (Å²) in [6.45, 7) is 6.72. The maximum absolute atomic E-state index is 12.4. The van der Waals surface area contributed by atoms with Crippen molar-refractivity contribution in [2.75, 3.05) is 33.0 Å². The Morgan fingerprint density at radius 2 is 2.00 bits per heavy atom. The Morgan fingerprint density at radius 3 is 2.57 bits per heavy atom. The van der Waals surface area contributed by atoms with E-state index in [-0.39, 0.29) is 15.7 Å². The van der Waals surface area contributed by atoms with Crippen LogP contribution in [0.25, 0.3) is 0 Å². The third-order valence-electron chi connectivity index (χ3n) is 4.68. The van der Waals surface area contributed by atoms with E-state index in [0.717, 1.165) is 30.9 Å². The van der Waals surface area contributed by atoms with Crippen LogP contribution < -0.4 is 15.4 Å². The number of guanidine groups is 1. The summed E-state index contributed by atoms with van der Waals surface area (Å²) >= 11 is 1.79. The van der Waals surface area contributed by atoms with Gasteiger partial charge in [0.05, 0.1) is 11.0 Å². The molecule has 3 N–H and O–H groups in total. The molecule has 7 nitrogen and oxygen atoms in total. The van der Waals surface area contributed by atoms with Crippen LogP contribution in [0.15, 0.2) is 34.2 Å². The zero-order valence-corrected chi connectivity index (χ0v) is 18.8. The Balaban J connectivity index is 1.85. The molecular formula is C19H32N4O3S2. The second-order valence-electron chi connectivity index (χ2n) is 7.37. The highest BCUT2D eigenvalue weighted by molar-refractivity contribution is 7.99. The smallest absolute Gasteiger partial charge is 0.240 e. The molecule has 28 heavy (non-hydrogen) atoms. The van der Waals surface area contributed by atoms with E-state index in [1.807, 2.05) is 12.1 Å². The van der Waals surface area contributed by atoms with Crippen LogP contribution in [-0.4, -0.2) is 58.2 Å². The highest BCUT2D eigenvalue weighted by Gasteiger charge is 2.20. The van der Waals surface area contributed by atoms with E-state index in [0.29, 0.717) is 19.7 Å². The van der Waals surface area contributed by atoms with Gasteiger partial charge in [0.15, 0.2) is 5.96 Å². The average molecular weight is 429 g/mol. The second-order valence-corrected chi connectivity index (χ2v) is 10.7. The van der Waals surface area contributed by atoms with Gasteiger partial charge in [0.25, 0.3) is 0 Å². The number of ether oxygens (including phenoxy) is 1. The standard InChI is InChI=1S/C19H32N4O3S2/c1-19(2,27-4)14-22-18(20-3)21-12-15-7-9-17(10-8-15)28(24,25)23-13-16-6-5-11-26-16/h7-10,16,23H,5-6,11-14H2,1-4H3,(H2,20,21,22). The fourth-order valence-electron chi connectivity index (χ4n) is 2.65. The molecule has 0 amide bonds. The lowest BCUT2D eigenvalue weighted by atomic mass is 10.2. The summed E-state index contributed by atoms with van der Waals surface area (Å²) < 4.78 is 33.0. The van der Waals surface area contributed by atoms with Crippen LogP contribution in [0, 0.1) is 0 Å². The number of nitrogens with zero attached hydrogens (tertiary/aromatic N) is 1. The monoisotopic (exact) mass is 428 g/mol. The molecule has 0 bridgehead atoms. The number of sulfonamides is 1. The van der Waals surface area contributed by atoms with E-state index in [2.05, 4.69) is 40.5 Å². The molecule has 2 rings (SSSR count). The number of aliphatic imine (C=N–C) groups is 1. The van der Waals surface area contributed by atoms with Crippen LogP contribution in [0.4, 0.5) is 0 Å². The predicted molar refractivity (Wildman–Crippen MR) is 116 cm³/mol. The van der Waals surface area contributed by atoms with Gasteiger partial charge in [-0.2, -0.15) is 11.8 Å². The Kier molecular flexibility index (Phi) is 8.60. The second kappa shape index (κ2) is 10.5. The van der Waals surface area contributed by atoms with Crippen LogP contribution in [-0.2, 0) is 21.3 Å². The van der Waals surface area contributed by atoms with Crippen LogP contribution in [0.3, 0.4) is 0 Å². The third-order valence-corrected chi connectivity index (χ3v) is 7.37. The number of rotatable bonds is 9. The number of hydrogen-bond acceptors (Lipinski definition) is 5. The van der Waals surface area contributed by atoms with Crippen molar-refractivity contribution in [2.24, 2.45) is 4.99 Å². The van der Waals surface area contributed by atoms with Crippen LogP contribution in [0.1, 0.15) is 32.3 Å². The molecule has 1 heterocycles. The first-order chi connectivity index (χ1) is 13.3. The molecule has 1 fully saturated rings. The van der Waals surface area contributed by atoms with Gasteiger partial charge in [0.2, 0.25) is 10.0 Å². The third kappa shape index (κ3) is 7.27. The normalized spacial score (nSPS) is 18.3. The molecule has 158 valence electrons. The fraction of sp³-hybridized carbons (Fsp3) is 0.632. The summed E-state index contributed by atoms with van der Waals surface area (Å²) in [5.41, 5.74) is 0.977. The van der Waals surface area contributed by atoms with Gasteiger partial charge in [0.1, 0.15) is 0 Å². The molecule has 1 unspecified atom stereocenters. The minimum Gasteiger partial charge on any atom is -0.377 e. The van der Waals surface area contributed by atoms with E-state index in [1.165, 1.54) is 0 Å². The molecule has 0 aromatic heterocycles. The van der Waals surface area contributed by atoms with Gasteiger partial charge in [-0.05, 0) is 50.6 Å². The molecule has 0 spiro atoms. The van der Waals surface area contributed by atoms with Crippen molar-refractivity contribution >= 4 is 27.7 Å². The minimum atomic E-state index is -3.52. The number of benzene rings is 1. The lowest BCUT2D eigenvalue weighted by molar-refractivity contribution is 0.114. The minimum absolute atomic E-state index is 0.0198. The molecule has 1 aromatic carbocycles. The SMILES string of the molecule is CN=C(NCc1ccc(S(=O)(=O)NCC2CCCO2)cc1)NCC(C)(C)SC. The Morgan fingerprint density at radius 1 is 1.29 bits per heavy atom. The Labute approximate surface area is 173 Å². The van der Waals surface area contributed by atoms with Gasteiger partial charge in [-0.15, -0.1) is 0 Å². The average Bonchev–Trinajstić information content (AvgIpc) is 3.21. The van der Waals surface area contributed by atoms with E-state index in [1.54, 1.807) is 30.9 Å². The lowest BCUT2D eigenvalue weighted by Crippen LogP contribution is -2.42. The summed E-state index contributed by atoms with van der Waals surface area (Å²) in [6.07, 6.45) is 3.95. The van der Waals surface area contributed by atoms with Gasteiger partial charge in [-0.1, -0.05) is 12.1 Å². The zero-order valence-electron chi connectivity index (χ0n) is 17.1. The van der Waals surface area contributed by atoms with E-state index in [4.69, 9.17) is 4.74 Å². The van der Waals surface area contributed by atoms with Crippen molar-refractivity contribution in [3.05, 3.63) is 29.8 Å². The topological polar surface area (TPSA) is 91.8 Å².